The van der Waals surface area contributed by atoms with Crippen LogP contribution in [0.1, 0.15) is 55.1 Å². The zero-order valence-electron chi connectivity index (χ0n) is 14.6. The molecule has 1 rings (SSSR count). The van der Waals surface area contributed by atoms with Crippen molar-refractivity contribution in [1.29, 1.82) is 5.26 Å². The van der Waals surface area contributed by atoms with E-state index in [-0.39, 0.29) is 0 Å². The predicted octanol–water partition coefficient (Wildman–Crippen LogP) is 3.67. The van der Waals surface area contributed by atoms with Gasteiger partial charge < -0.3 is 9.47 Å². The van der Waals surface area contributed by atoms with Crippen LogP contribution in [0.5, 0.6) is 0 Å². The Bertz CT molecular complexity index is 663. The number of methoxy groups -OCH3 is 1. The van der Waals surface area contributed by atoms with Crippen LogP contribution in [-0.4, -0.2) is 24.6 Å². The lowest BCUT2D eigenvalue weighted by molar-refractivity contribution is -0.148. The van der Waals surface area contributed by atoms with Gasteiger partial charge in [-0.3, -0.25) is 0 Å². The van der Waals surface area contributed by atoms with Crippen LogP contribution in [0.25, 0.3) is 6.08 Å². The number of nitrogens with zero attached hydrogens (tertiary/aromatic N) is 1. The van der Waals surface area contributed by atoms with Gasteiger partial charge in [0.15, 0.2) is 0 Å². The molecule has 0 aliphatic rings. The monoisotopic (exact) mass is 329 g/mol. The average molecular weight is 329 g/mol. The van der Waals surface area contributed by atoms with Crippen molar-refractivity contribution in [3.63, 3.8) is 0 Å². The van der Waals surface area contributed by atoms with E-state index in [1.165, 1.54) is 13.2 Å². The number of nitriles is 1. The lowest BCUT2D eigenvalue weighted by atomic mass is 9.99. The fraction of sp³-hybridized carbons (Fsp3) is 0.421. The maximum absolute atomic E-state index is 11.8. The number of aryl methyl sites for hydroxylation is 1. The fourth-order valence-electron chi connectivity index (χ4n) is 2.07. The van der Waals surface area contributed by atoms with Crippen molar-refractivity contribution >= 4 is 18.0 Å². The van der Waals surface area contributed by atoms with Gasteiger partial charge in [-0.05, 0) is 62.9 Å². The molecule has 1 aromatic rings. The molecule has 0 saturated heterocycles. The van der Waals surface area contributed by atoms with Crippen LogP contribution in [0.3, 0.4) is 0 Å². The van der Waals surface area contributed by atoms with E-state index in [0.717, 1.165) is 11.1 Å². The van der Waals surface area contributed by atoms with Gasteiger partial charge in [-0.15, -0.1) is 0 Å². The Hall–Kier alpha value is -2.61. The summed E-state index contributed by atoms with van der Waals surface area (Å²) < 4.78 is 9.96. The van der Waals surface area contributed by atoms with Gasteiger partial charge in [-0.2, -0.15) is 5.26 Å². The molecule has 1 aromatic carbocycles. The van der Waals surface area contributed by atoms with Crippen molar-refractivity contribution in [2.24, 2.45) is 0 Å². The van der Waals surface area contributed by atoms with E-state index >= 15 is 0 Å². The number of esters is 2. The number of rotatable bonds is 6. The number of carbonyl (C=O) groups is 2. The highest BCUT2D eigenvalue weighted by Gasteiger charge is 2.14. The molecule has 0 aliphatic carbocycles. The molecule has 128 valence electrons. The first-order chi connectivity index (χ1) is 11.3. The maximum atomic E-state index is 11.8. The summed E-state index contributed by atoms with van der Waals surface area (Å²) in [7, 11) is 1.32. The SMILES string of the molecule is COC(=O)c1ccc(CCCC#N)c(/C=C/C(=O)OC(C)(C)C)c1. The lowest BCUT2D eigenvalue weighted by Gasteiger charge is -2.18. The first-order valence-electron chi connectivity index (χ1n) is 7.76. The Kier molecular flexibility index (Phi) is 7.19. The van der Waals surface area contributed by atoms with Crippen LogP contribution in [0, 0.1) is 11.3 Å². The van der Waals surface area contributed by atoms with E-state index < -0.39 is 17.5 Å². The highest BCUT2D eigenvalue weighted by molar-refractivity contribution is 5.91. The summed E-state index contributed by atoms with van der Waals surface area (Å²) in [5.41, 5.74) is 1.54. The number of unbranched alkanes of at least 4 members (excludes halogenated alkanes) is 1. The van der Waals surface area contributed by atoms with Gasteiger partial charge in [0.25, 0.3) is 0 Å². The molecule has 0 fully saturated rings. The van der Waals surface area contributed by atoms with Gasteiger partial charge in [-0.1, -0.05) is 6.07 Å². The van der Waals surface area contributed by atoms with Crippen molar-refractivity contribution in [3.8, 4) is 6.07 Å². The first kappa shape index (κ1) is 19.4. The standard InChI is InChI=1S/C19H23NO4/c1-19(2,3)24-17(21)11-10-15-13-16(18(22)23-4)9-8-14(15)7-5-6-12-20/h8-11,13H,5-7H2,1-4H3/b11-10+. The number of carbonyl (C=O) groups excluding carboxylic acids is 2. The Morgan fingerprint density at radius 1 is 1.29 bits per heavy atom. The highest BCUT2D eigenvalue weighted by Crippen LogP contribution is 2.18. The lowest BCUT2D eigenvalue weighted by Crippen LogP contribution is -2.22. The molecule has 0 atom stereocenters. The first-order valence-corrected chi connectivity index (χ1v) is 7.76. The number of hydrogen-bond donors (Lipinski definition) is 0. The molecule has 0 spiro atoms. The molecule has 0 heterocycles. The minimum absolute atomic E-state index is 0.408. The topological polar surface area (TPSA) is 76.4 Å². The van der Waals surface area contributed by atoms with Crippen molar-refractivity contribution in [2.75, 3.05) is 7.11 Å². The minimum atomic E-state index is -0.565. The van der Waals surface area contributed by atoms with Crippen LogP contribution in [0.15, 0.2) is 24.3 Å². The molecule has 24 heavy (non-hydrogen) atoms. The summed E-state index contributed by atoms with van der Waals surface area (Å²) in [6, 6.07) is 7.28. The molecule has 0 N–H and O–H groups in total. The van der Waals surface area contributed by atoms with Crippen LogP contribution < -0.4 is 0 Å². The number of hydrogen-bond acceptors (Lipinski definition) is 5. The summed E-state index contributed by atoms with van der Waals surface area (Å²) in [6.07, 6.45) is 4.82. The molecule has 0 bridgehead atoms. The Labute approximate surface area is 142 Å². The van der Waals surface area contributed by atoms with Crippen molar-refractivity contribution in [2.45, 2.75) is 45.6 Å². The minimum Gasteiger partial charge on any atom is -0.465 e. The molecule has 0 radical (unpaired) electrons. The molecule has 5 heteroatoms. The van der Waals surface area contributed by atoms with Gasteiger partial charge in [0.2, 0.25) is 0 Å². The van der Waals surface area contributed by atoms with E-state index in [1.807, 2.05) is 6.07 Å². The van der Waals surface area contributed by atoms with Crippen molar-refractivity contribution in [3.05, 3.63) is 41.0 Å². The molecular formula is C19H23NO4. The van der Waals surface area contributed by atoms with Gasteiger partial charge >= 0.3 is 11.9 Å². The van der Waals surface area contributed by atoms with E-state index in [2.05, 4.69) is 6.07 Å². The van der Waals surface area contributed by atoms with Crippen LogP contribution in [-0.2, 0) is 20.7 Å². The zero-order valence-corrected chi connectivity index (χ0v) is 14.6. The molecule has 5 nitrogen and oxygen atoms in total. The molecular weight excluding hydrogens is 306 g/mol. The van der Waals surface area contributed by atoms with Crippen molar-refractivity contribution < 1.29 is 19.1 Å². The Balaban J connectivity index is 3.03. The number of benzene rings is 1. The second-order valence-corrected chi connectivity index (χ2v) is 6.28. The smallest absolute Gasteiger partial charge is 0.337 e. The second kappa shape index (κ2) is 8.88. The van der Waals surface area contributed by atoms with E-state index in [0.29, 0.717) is 24.8 Å². The second-order valence-electron chi connectivity index (χ2n) is 6.28. The zero-order chi connectivity index (χ0) is 18.2. The normalized spacial score (nSPS) is 11.1. The van der Waals surface area contributed by atoms with E-state index in [9.17, 15) is 9.59 Å². The third kappa shape index (κ3) is 6.66. The summed E-state index contributed by atoms with van der Waals surface area (Å²) in [5.74, 6) is -0.889. The van der Waals surface area contributed by atoms with Crippen LogP contribution in [0.2, 0.25) is 0 Å². The molecule has 0 amide bonds. The molecule has 0 saturated carbocycles. The van der Waals surface area contributed by atoms with Gasteiger partial charge in [-0.25, -0.2) is 9.59 Å². The quantitative estimate of drug-likeness (QED) is 0.452. The van der Waals surface area contributed by atoms with Crippen LogP contribution >= 0.6 is 0 Å². The molecule has 0 unspecified atom stereocenters. The van der Waals surface area contributed by atoms with Gasteiger partial charge in [0.1, 0.15) is 5.60 Å². The number of ether oxygens (including phenoxy) is 2. The van der Waals surface area contributed by atoms with E-state index in [4.69, 9.17) is 14.7 Å². The largest absolute Gasteiger partial charge is 0.465 e. The van der Waals surface area contributed by atoms with Gasteiger partial charge in [0.05, 0.1) is 18.7 Å². The summed E-state index contributed by atoms with van der Waals surface area (Å²) in [6.45, 7) is 5.39. The fourth-order valence-corrected chi connectivity index (χ4v) is 2.07. The summed E-state index contributed by atoms with van der Waals surface area (Å²) >= 11 is 0. The summed E-state index contributed by atoms with van der Waals surface area (Å²) in [5, 5.41) is 8.66. The Morgan fingerprint density at radius 3 is 2.58 bits per heavy atom. The van der Waals surface area contributed by atoms with Gasteiger partial charge in [0, 0.05) is 12.5 Å². The predicted molar refractivity (Wildman–Crippen MR) is 91.2 cm³/mol. The average Bonchev–Trinajstić information content (AvgIpc) is 2.51. The maximum Gasteiger partial charge on any atom is 0.337 e. The molecule has 0 aliphatic heterocycles. The van der Waals surface area contributed by atoms with Crippen LogP contribution in [0.4, 0.5) is 0 Å². The van der Waals surface area contributed by atoms with E-state index in [1.54, 1.807) is 39.0 Å². The Morgan fingerprint density at radius 2 is 2.00 bits per heavy atom. The summed E-state index contributed by atoms with van der Waals surface area (Å²) in [4.78, 5) is 23.5. The highest BCUT2D eigenvalue weighted by atomic mass is 16.6. The molecule has 0 aromatic heterocycles. The van der Waals surface area contributed by atoms with Crippen molar-refractivity contribution in [1.82, 2.24) is 0 Å². The third-order valence-electron chi connectivity index (χ3n) is 3.11. The third-order valence-corrected chi connectivity index (χ3v) is 3.11.